The van der Waals surface area contributed by atoms with Crippen LogP contribution >= 0.6 is 23.2 Å². The fourth-order valence-corrected chi connectivity index (χ4v) is 2.43. The van der Waals surface area contributed by atoms with Crippen LogP contribution in [0.25, 0.3) is 0 Å². The topological polar surface area (TPSA) is 18.5 Å². The van der Waals surface area contributed by atoms with Crippen molar-refractivity contribution in [1.29, 1.82) is 0 Å². The van der Waals surface area contributed by atoms with Crippen LogP contribution in [0.5, 0.6) is 11.5 Å². The molecule has 0 aromatic heterocycles. The van der Waals surface area contributed by atoms with Crippen LogP contribution in [-0.4, -0.2) is 18.6 Å². The van der Waals surface area contributed by atoms with E-state index in [0.717, 1.165) is 24.3 Å². The molecule has 88 valence electrons. The summed E-state index contributed by atoms with van der Waals surface area (Å²) in [5.74, 6) is 3.35. The highest BCUT2D eigenvalue weighted by molar-refractivity contribution is 6.18. The number of rotatable bonds is 5. The molecule has 0 saturated heterocycles. The number of fused-ring (bicyclic) bond motifs is 1. The van der Waals surface area contributed by atoms with E-state index in [0.29, 0.717) is 24.5 Å². The van der Waals surface area contributed by atoms with Crippen LogP contribution in [0.1, 0.15) is 24.3 Å². The molecule has 0 atom stereocenters. The van der Waals surface area contributed by atoms with Gasteiger partial charge in [-0.1, -0.05) is 6.07 Å². The van der Waals surface area contributed by atoms with E-state index in [4.69, 9.17) is 32.7 Å². The smallest absolute Gasteiger partial charge is 0.231 e. The molecule has 1 aromatic rings. The fourth-order valence-electron chi connectivity index (χ4n) is 1.91. The van der Waals surface area contributed by atoms with Gasteiger partial charge in [0.25, 0.3) is 0 Å². The standard InChI is InChI=1S/C12H14Cl2O2/c13-5-3-9(4-6-14)10-1-2-11-12(7-10)16-8-15-11/h1-2,7,9H,3-6,8H2. The van der Waals surface area contributed by atoms with Gasteiger partial charge in [0, 0.05) is 11.8 Å². The van der Waals surface area contributed by atoms with Gasteiger partial charge < -0.3 is 9.47 Å². The minimum absolute atomic E-state index is 0.314. The third-order valence-corrected chi connectivity index (χ3v) is 3.22. The van der Waals surface area contributed by atoms with E-state index < -0.39 is 0 Å². The first-order valence-electron chi connectivity index (χ1n) is 5.36. The minimum atomic E-state index is 0.314. The van der Waals surface area contributed by atoms with Crippen molar-refractivity contribution in [3.8, 4) is 11.5 Å². The van der Waals surface area contributed by atoms with Gasteiger partial charge in [0.2, 0.25) is 6.79 Å². The van der Waals surface area contributed by atoms with E-state index in [2.05, 4.69) is 6.07 Å². The number of halogens is 2. The largest absolute Gasteiger partial charge is 0.454 e. The van der Waals surface area contributed by atoms with Gasteiger partial charge in [-0.2, -0.15) is 0 Å². The van der Waals surface area contributed by atoms with Gasteiger partial charge >= 0.3 is 0 Å². The third-order valence-electron chi connectivity index (χ3n) is 2.78. The van der Waals surface area contributed by atoms with Crippen molar-refractivity contribution < 1.29 is 9.47 Å². The van der Waals surface area contributed by atoms with Crippen molar-refractivity contribution in [2.24, 2.45) is 0 Å². The van der Waals surface area contributed by atoms with Crippen LogP contribution < -0.4 is 9.47 Å². The first-order valence-corrected chi connectivity index (χ1v) is 6.43. The van der Waals surface area contributed by atoms with Gasteiger partial charge in [0.1, 0.15) is 0 Å². The average Bonchev–Trinajstić information content (AvgIpc) is 2.75. The molecule has 2 rings (SSSR count). The Bertz CT molecular complexity index is 349. The zero-order valence-corrected chi connectivity index (χ0v) is 10.4. The van der Waals surface area contributed by atoms with Gasteiger partial charge in [-0.25, -0.2) is 0 Å². The second-order valence-electron chi connectivity index (χ2n) is 3.76. The summed E-state index contributed by atoms with van der Waals surface area (Å²) < 4.78 is 10.6. The highest BCUT2D eigenvalue weighted by Crippen LogP contribution is 2.36. The molecule has 0 saturated carbocycles. The molecule has 2 nitrogen and oxygen atoms in total. The van der Waals surface area contributed by atoms with Crippen molar-refractivity contribution in [3.05, 3.63) is 23.8 Å². The van der Waals surface area contributed by atoms with Crippen LogP contribution in [0, 0.1) is 0 Å². The van der Waals surface area contributed by atoms with E-state index in [1.807, 2.05) is 12.1 Å². The van der Waals surface area contributed by atoms with E-state index in [-0.39, 0.29) is 0 Å². The summed E-state index contributed by atoms with van der Waals surface area (Å²) in [5, 5.41) is 0. The summed E-state index contributed by atoms with van der Waals surface area (Å²) in [6.45, 7) is 0.314. The van der Waals surface area contributed by atoms with Gasteiger partial charge in [0.15, 0.2) is 11.5 Å². The lowest BCUT2D eigenvalue weighted by atomic mass is 9.93. The summed E-state index contributed by atoms with van der Waals surface area (Å²) in [6, 6.07) is 6.05. The SMILES string of the molecule is ClCCC(CCCl)c1ccc2c(c1)OCO2. The predicted molar refractivity (Wildman–Crippen MR) is 66.0 cm³/mol. The van der Waals surface area contributed by atoms with Crippen molar-refractivity contribution in [2.45, 2.75) is 18.8 Å². The van der Waals surface area contributed by atoms with Crippen LogP contribution in [0.3, 0.4) is 0 Å². The molecule has 16 heavy (non-hydrogen) atoms. The van der Waals surface area contributed by atoms with Gasteiger partial charge in [-0.15, -0.1) is 23.2 Å². The molecule has 0 unspecified atom stereocenters. The van der Waals surface area contributed by atoms with Crippen molar-refractivity contribution in [1.82, 2.24) is 0 Å². The number of hydrogen-bond acceptors (Lipinski definition) is 2. The second-order valence-corrected chi connectivity index (χ2v) is 4.52. The average molecular weight is 261 g/mol. The van der Waals surface area contributed by atoms with E-state index in [1.54, 1.807) is 0 Å². The molecular weight excluding hydrogens is 247 g/mol. The Morgan fingerprint density at radius 2 is 1.75 bits per heavy atom. The maximum atomic E-state index is 5.80. The van der Waals surface area contributed by atoms with Crippen LogP contribution in [0.2, 0.25) is 0 Å². The van der Waals surface area contributed by atoms with Crippen molar-refractivity contribution in [3.63, 3.8) is 0 Å². The highest BCUT2D eigenvalue weighted by Gasteiger charge is 2.17. The van der Waals surface area contributed by atoms with Crippen LogP contribution in [0.4, 0.5) is 0 Å². The van der Waals surface area contributed by atoms with Crippen LogP contribution in [-0.2, 0) is 0 Å². The zero-order valence-electron chi connectivity index (χ0n) is 8.92. The van der Waals surface area contributed by atoms with Crippen LogP contribution in [0.15, 0.2) is 18.2 Å². The number of hydrogen-bond donors (Lipinski definition) is 0. The predicted octanol–water partition coefficient (Wildman–Crippen LogP) is 3.76. The molecule has 0 bridgehead atoms. The maximum Gasteiger partial charge on any atom is 0.231 e. The monoisotopic (exact) mass is 260 g/mol. The maximum absolute atomic E-state index is 5.80. The van der Waals surface area contributed by atoms with E-state index in [9.17, 15) is 0 Å². The zero-order chi connectivity index (χ0) is 11.4. The molecule has 0 aliphatic carbocycles. The molecule has 1 aromatic carbocycles. The molecule has 0 spiro atoms. The molecule has 1 aliphatic heterocycles. The molecule has 1 heterocycles. The normalized spacial score (nSPS) is 13.4. The Balaban J connectivity index is 2.17. The summed E-state index contributed by atoms with van der Waals surface area (Å²) in [5.41, 5.74) is 1.23. The Morgan fingerprint density at radius 3 is 2.44 bits per heavy atom. The Labute approximate surface area is 105 Å². The Kier molecular flexibility index (Phi) is 4.19. The summed E-state index contributed by atoms with van der Waals surface area (Å²) in [6.07, 6.45) is 1.88. The van der Waals surface area contributed by atoms with Gasteiger partial charge in [-0.3, -0.25) is 0 Å². The lowest BCUT2D eigenvalue weighted by molar-refractivity contribution is 0.174. The van der Waals surface area contributed by atoms with Crippen molar-refractivity contribution in [2.75, 3.05) is 18.6 Å². The summed E-state index contributed by atoms with van der Waals surface area (Å²) in [4.78, 5) is 0. The summed E-state index contributed by atoms with van der Waals surface area (Å²) in [7, 11) is 0. The lowest BCUT2D eigenvalue weighted by Gasteiger charge is -2.15. The molecule has 4 heteroatoms. The molecule has 0 fully saturated rings. The lowest BCUT2D eigenvalue weighted by Crippen LogP contribution is -2.01. The van der Waals surface area contributed by atoms with Crippen molar-refractivity contribution >= 4 is 23.2 Å². The van der Waals surface area contributed by atoms with E-state index in [1.165, 1.54) is 5.56 Å². The molecule has 0 N–H and O–H groups in total. The van der Waals surface area contributed by atoms with Gasteiger partial charge in [0.05, 0.1) is 0 Å². The summed E-state index contributed by atoms with van der Waals surface area (Å²) >= 11 is 11.6. The number of ether oxygens (including phenoxy) is 2. The molecule has 0 amide bonds. The number of alkyl halides is 2. The fraction of sp³-hybridized carbons (Fsp3) is 0.500. The molecule has 0 radical (unpaired) electrons. The quantitative estimate of drug-likeness (QED) is 0.751. The first kappa shape index (κ1) is 11.9. The first-order chi connectivity index (χ1) is 7.85. The molecular formula is C12H14Cl2O2. The minimum Gasteiger partial charge on any atom is -0.454 e. The van der Waals surface area contributed by atoms with E-state index >= 15 is 0 Å². The highest BCUT2D eigenvalue weighted by atomic mass is 35.5. The van der Waals surface area contributed by atoms with Gasteiger partial charge in [-0.05, 0) is 36.5 Å². The third kappa shape index (κ3) is 2.55. The Morgan fingerprint density at radius 1 is 1.06 bits per heavy atom. The molecule has 1 aliphatic rings. The second kappa shape index (κ2) is 5.65. The number of benzene rings is 1. The Hall–Kier alpha value is -0.600.